The highest BCUT2D eigenvalue weighted by Crippen LogP contribution is 2.35. The largest absolute Gasteiger partial charge is 0.488 e. The minimum absolute atomic E-state index is 0. The van der Waals surface area contributed by atoms with Crippen LogP contribution in [-0.4, -0.2) is 28.4 Å². The molecule has 6 nitrogen and oxygen atoms in total. The van der Waals surface area contributed by atoms with Gasteiger partial charge in [-0.25, -0.2) is 0 Å². The Bertz CT molecular complexity index is 917. The van der Waals surface area contributed by atoms with Crippen molar-refractivity contribution in [1.29, 1.82) is 0 Å². The number of hydrogen-bond donors (Lipinski definition) is 2. The van der Waals surface area contributed by atoms with E-state index in [0.29, 0.717) is 12.5 Å². The second kappa shape index (κ2) is 10.6. The van der Waals surface area contributed by atoms with E-state index in [9.17, 15) is 13.2 Å². The van der Waals surface area contributed by atoms with Gasteiger partial charge in [0.25, 0.3) is 0 Å². The number of rotatable bonds is 5. The van der Waals surface area contributed by atoms with E-state index in [2.05, 4.69) is 20.7 Å². The summed E-state index contributed by atoms with van der Waals surface area (Å²) in [6.45, 7) is 9.68. The molecule has 0 amide bonds. The predicted octanol–water partition coefficient (Wildman–Crippen LogP) is 4.72. The molecule has 31 heavy (non-hydrogen) atoms. The monoisotopic (exact) mass is 553 g/mol. The van der Waals surface area contributed by atoms with Gasteiger partial charge in [-0.1, -0.05) is 6.07 Å². The van der Waals surface area contributed by atoms with Gasteiger partial charge in [-0.15, -0.1) is 24.0 Å². The van der Waals surface area contributed by atoms with Crippen molar-refractivity contribution in [2.75, 3.05) is 7.05 Å². The SMILES string of the molecule is CN=C(NCc1ccc(OC(C)(C)C)cc1C(F)(F)F)NCc1c(C)nn(C)c1C.I. The number of ether oxygens (including phenoxy) is 1. The smallest absolute Gasteiger partial charge is 0.416 e. The van der Waals surface area contributed by atoms with Crippen LogP contribution in [0.15, 0.2) is 23.2 Å². The number of aromatic nitrogens is 2. The lowest BCUT2D eigenvalue weighted by atomic mass is 10.1. The average Bonchev–Trinajstić information content (AvgIpc) is 2.86. The van der Waals surface area contributed by atoms with Gasteiger partial charge in [0, 0.05) is 38.4 Å². The fourth-order valence-electron chi connectivity index (χ4n) is 3.04. The molecule has 0 unspecified atom stereocenters. The molecule has 0 saturated carbocycles. The Morgan fingerprint density at radius 1 is 1.13 bits per heavy atom. The number of benzene rings is 1. The summed E-state index contributed by atoms with van der Waals surface area (Å²) in [7, 11) is 3.44. The maximum atomic E-state index is 13.6. The third-order valence-electron chi connectivity index (χ3n) is 4.57. The standard InChI is InChI=1S/C21H30F3N5O.HI/c1-13-17(14(2)29(7)28-13)12-27-19(25-6)26-11-15-8-9-16(30-20(3,4)5)10-18(15)21(22,23)24;/h8-10H,11-12H2,1-7H3,(H2,25,26,27);1H. The Labute approximate surface area is 198 Å². The van der Waals surface area contributed by atoms with Crippen LogP contribution in [0.3, 0.4) is 0 Å². The minimum Gasteiger partial charge on any atom is -0.488 e. The van der Waals surface area contributed by atoms with Gasteiger partial charge in [0.2, 0.25) is 0 Å². The molecule has 0 aliphatic rings. The summed E-state index contributed by atoms with van der Waals surface area (Å²) in [6, 6.07) is 4.02. The lowest BCUT2D eigenvalue weighted by Gasteiger charge is -2.23. The Morgan fingerprint density at radius 3 is 2.23 bits per heavy atom. The molecule has 174 valence electrons. The first-order valence-electron chi connectivity index (χ1n) is 9.64. The van der Waals surface area contributed by atoms with E-state index in [0.717, 1.165) is 23.0 Å². The Hall–Kier alpha value is -1.98. The van der Waals surface area contributed by atoms with Gasteiger partial charge in [-0.2, -0.15) is 18.3 Å². The number of halogens is 4. The highest BCUT2D eigenvalue weighted by atomic mass is 127. The topological polar surface area (TPSA) is 63.5 Å². The van der Waals surface area contributed by atoms with Crippen molar-refractivity contribution in [3.05, 3.63) is 46.3 Å². The summed E-state index contributed by atoms with van der Waals surface area (Å²) in [5.41, 5.74) is 1.74. The minimum atomic E-state index is -4.49. The summed E-state index contributed by atoms with van der Waals surface area (Å²) in [6.07, 6.45) is -4.49. The molecule has 0 spiro atoms. The Balaban J connectivity index is 0.00000480. The lowest BCUT2D eigenvalue weighted by Crippen LogP contribution is -2.37. The van der Waals surface area contributed by atoms with Crippen LogP contribution in [0.4, 0.5) is 13.2 Å². The van der Waals surface area contributed by atoms with E-state index in [1.165, 1.54) is 6.07 Å². The van der Waals surface area contributed by atoms with Crippen LogP contribution >= 0.6 is 24.0 Å². The third kappa shape index (κ3) is 7.58. The van der Waals surface area contributed by atoms with E-state index >= 15 is 0 Å². The number of guanidine groups is 1. The predicted molar refractivity (Wildman–Crippen MR) is 127 cm³/mol. The maximum Gasteiger partial charge on any atom is 0.416 e. The number of nitrogens with one attached hydrogen (secondary N) is 2. The molecule has 1 heterocycles. The molecule has 0 aliphatic carbocycles. The second-order valence-corrected chi connectivity index (χ2v) is 8.08. The number of alkyl halides is 3. The van der Waals surface area contributed by atoms with Gasteiger partial charge in [0.1, 0.15) is 11.4 Å². The molecule has 0 fully saturated rings. The van der Waals surface area contributed by atoms with E-state index in [4.69, 9.17) is 4.74 Å². The van der Waals surface area contributed by atoms with Crippen molar-refractivity contribution in [3.8, 4) is 5.75 Å². The lowest BCUT2D eigenvalue weighted by molar-refractivity contribution is -0.138. The molecule has 0 aliphatic heterocycles. The van der Waals surface area contributed by atoms with Crippen LogP contribution in [0, 0.1) is 13.8 Å². The number of aliphatic imine (C=N–C) groups is 1. The molecular formula is C21H31F3IN5O. The maximum absolute atomic E-state index is 13.6. The first kappa shape index (κ1) is 27.1. The first-order chi connectivity index (χ1) is 13.8. The molecule has 1 aromatic heterocycles. The van der Waals surface area contributed by atoms with Crippen molar-refractivity contribution in [1.82, 2.24) is 20.4 Å². The van der Waals surface area contributed by atoms with Gasteiger partial charge in [0.15, 0.2) is 5.96 Å². The van der Waals surface area contributed by atoms with Crippen molar-refractivity contribution >= 4 is 29.9 Å². The molecule has 0 saturated heterocycles. The molecule has 2 aromatic rings. The number of hydrogen-bond acceptors (Lipinski definition) is 3. The summed E-state index contributed by atoms with van der Waals surface area (Å²) < 4.78 is 48.1. The Morgan fingerprint density at radius 2 is 1.74 bits per heavy atom. The fraction of sp³-hybridized carbons (Fsp3) is 0.524. The second-order valence-electron chi connectivity index (χ2n) is 8.08. The quantitative estimate of drug-likeness (QED) is 0.320. The van der Waals surface area contributed by atoms with Crippen molar-refractivity contribution in [3.63, 3.8) is 0 Å². The van der Waals surface area contributed by atoms with Gasteiger partial charge in [-0.05, 0) is 52.3 Å². The molecule has 1 aromatic carbocycles. The molecule has 0 atom stereocenters. The van der Waals surface area contributed by atoms with E-state index in [1.54, 1.807) is 38.6 Å². The zero-order valence-electron chi connectivity index (χ0n) is 18.9. The number of nitrogens with zero attached hydrogens (tertiary/aromatic N) is 3. The van der Waals surface area contributed by atoms with Crippen molar-refractivity contribution < 1.29 is 17.9 Å². The molecule has 2 N–H and O–H groups in total. The molecule has 0 bridgehead atoms. The fourth-order valence-corrected chi connectivity index (χ4v) is 3.04. The average molecular weight is 553 g/mol. The summed E-state index contributed by atoms with van der Waals surface area (Å²) >= 11 is 0. The van der Waals surface area contributed by atoms with Gasteiger partial charge in [0.05, 0.1) is 11.3 Å². The zero-order valence-corrected chi connectivity index (χ0v) is 21.3. The van der Waals surface area contributed by atoms with Gasteiger partial charge < -0.3 is 15.4 Å². The van der Waals surface area contributed by atoms with Crippen LogP contribution in [0.1, 0.15) is 48.8 Å². The third-order valence-corrected chi connectivity index (χ3v) is 4.57. The van der Waals surface area contributed by atoms with Gasteiger partial charge in [-0.3, -0.25) is 9.67 Å². The van der Waals surface area contributed by atoms with Crippen LogP contribution < -0.4 is 15.4 Å². The summed E-state index contributed by atoms with van der Waals surface area (Å²) in [4.78, 5) is 4.10. The van der Waals surface area contributed by atoms with E-state index in [-0.39, 0.29) is 41.8 Å². The summed E-state index contributed by atoms with van der Waals surface area (Å²) in [5.74, 6) is 0.587. The van der Waals surface area contributed by atoms with Crippen LogP contribution in [0.2, 0.25) is 0 Å². The molecule has 2 rings (SSSR count). The molecule has 0 radical (unpaired) electrons. The highest BCUT2D eigenvalue weighted by molar-refractivity contribution is 14.0. The zero-order chi connectivity index (χ0) is 22.7. The van der Waals surface area contributed by atoms with Crippen molar-refractivity contribution in [2.45, 2.75) is 59.5 Å². The summed E-state index contributed by atoms with van der Waals surface area (Å²) in [5, 5.41) is 10.4. The highest BCUT2D eigenvalue weighted by Gasteiger charge is 2.34. The van der Waals surface area contributed by atoms with Crippen LogP contribution in [0.25, 0.3) is 0 Å². The first-order valence-corrected chi connectivity index (χ1v) is 9.64. The normalized spacial score (nSPS) is 12.4. The number of aryl methyl sites for hydroxylation is 2. The van der Waals surface area contributed by atoms with Crippen LogP contribution in [0.5, 0.6) is 5.75 Å². The van der Waals surface area contributed by atoms with Gasteiger partial charge >= 0.3 is 6.18 Å². The van der Waals surface area contributed by atoms with E-state index in [1.807, 2.05) is 20.9 Å². The van der Waals surface area contributed by atoms with Crippen LogP contribution in [-0.2, 0) is 26.3 Å². The van der Waals surface area contributed by atoms with Crippen molar-refractivity contribution in [2.24, 2.45) is 12.0 Å². The molecule has 10 heteroatoms. The molecular weight excluding hydrogens is 522 g/mol. The Kier molecular flexibility index (Phi) is 9.21. The van der Waals surface area contributed by atoms with E-state index < -0.39 is 17.3 Å².